The number of rotatable bonds is 7. The van der Waals surface area contributed by atoms with Gasteiger partial charge >= 0.3 is 5.97 Å². The molecule has 0 amide bonds. The van der Waals surface area contributed by atoms with Gasteiger partial charge in [0.15, 0.2) is 0 Å². The summed E-state index contributed by atoms with van der Waals surface area (Å²) >= 11 is 1.03. The highest BCUT2D eigenvalue weighted by atomic mass is 32.2. The van der Waals surface area contributed by atoms with Crippen molar-refractivity contribution in [1.29, 1.82) is 0 Å². The molecule has 1 aliphatic rings. The van der Waals surface area contributed by atoms with Gasteiger partial charge in [0.25, 0.3) is 10.0 Å². The van der Waals surface area contributed by atoms with Gasteiger partial charge in [-0.3, -0.25) is 4.79 Å². The Kier molecular flexibility index (Phi) is 5.04. The molecular weight excluding hydrogens is 462 g/mol. The first-order valence-electron chi connectivity index (χ1n) is 10.2. The normalized spacial score (nSPS) is 22.4. The summed E-state index contributed by atoms with van der Waals surface area (Å²) in [5.74, 6) is -0.815. The second-order valence-electron chi connectivity index (χ2n) is 8.04. The van der Waals surface area contributed by atoms with Crippen LogP contribution in [0.5, 0.6) is 5.75 Å². The van der Waals surface area contributed by atoms with Crippen LogP contribution in [0.15, 0.2) is 64.9 Å². The van der Waals surface area contributed by atoms with Gasteiger partial charge < -0.3 is 14.8 Å². The number of ether oxygens (including phenoxy) is 1. The third-order valence-corrected chi connectivity index (χ3v) is 9.25. The number of sulfonamides is 1. The Bertz CT molecular complexity index is 1460. The van der Waals surface area contributed by atoms with Crippen molar-refractivity contribution >= 4 is 38.4 Å². The number of hydrogen-bond donors (Lipinski definition) is 3. The molecule has 2 aromatic heterocycles. The molecule has 0 aliphatic heterocycles. The number of carboxylic acid groups (broad SMARTS) is 1. The van der Waals surface area contributed by atoms with Crippen molar-refractivity contribution in [1.82, 2.24) is 14.7 Å². The van der Waals surface area contributed by atoms with Crippen LogP contribution in [0.25, 0.3) is 21.7 Å². The Labute approximate surface area is 194 Å². The number of nitrogens with one attached hydrogen (secondary N) is 2. The van der Waals surface area contributed by atoms with Crippen LogP contribution < -0.4 is 9.46 Å². The maximum absolute atomic E-state index is 13.2. The smallest absolute Gasteiger partial charge is 0.325 e. The molecule has 1 aliphatic carbocycles. The molecule has 170 valence electrons. The lowest BCUT2D eigenvalue weighted by Crippen LogP contribution is -2.45. The molecule has 0 radical (unpaired) electrons. The number of carboxylic acids is 1. The maximum Gasteiger partial charge on any atom is 0.325 e. The molecule has 1 fully saturated rings. The molecule has 3 atom stereocenters. The molecule has 8 nitrogen and oxygen atoms in total. The third-order valence-electron chi connectivity index (χ3n) is 6.18. The molecule has 4 aromatic rings. The lowest BCUT2D eigenvalue weighted by atomic mass is 10.1. The zero-order valence-corrected chi connectivity index (χ0v) is 19.4. The van der Waals surface area contributed by atoms with E-state index in [9.17, 15) is 18.3 Å². The zero-order valence-electron chi connectivity index (χ0n) is 17.8. The highest BCUT2D eigenvalue weighted by molar-refractivity contribution is 7.91. The van der Waals surface area contributed by atoms with Gasteiger partial charge in [0, 0.05) is 12.0 Å². The fraction of sp³-hybridized carbons (Fsp3) is 0.217. The molecule has 1 unspecified atom stereocenters. The predicted octanol–water partition coefficient (Wildman–Crippen LogP) is 3.84. The van der Waals surface area contributed by atoms with E-state index in [0.29, 0.717) is 16.5 Å². The van der Waals surface area contributed by atoms with E-state index in [2.05, 4.69) is 14.7 Å². The van der Waals surface area contributed by atoms with Crippen LogP contribution in [0.2, 0.25) is 0 Å². The SMILES string of the molecule is COc1ccc2nc(-c3ccc(S(=O)(=O)N[C@@]4(C(=O)O)C(C)[C@H]4c4ccccc4)s3)[nH]c2c1. The number of H-pyrrole nitrogens is 1. The number of aromatic amines is 1. The van der Waals surface area contributed by atoms with Crippen molar-refractivity contribution in [3.63, 3.8) is 0 Å². The van der Waals surface area contributed by atoms with Crippen LogP contribution in [-0.2, 0) is 14.8 Å². The van der Waals surface area contributed by atoms with Crippen molar-refractivity contribution in [3.8, 4) is 16.5 Å². The van der Waals surface area contributed by atoms with E-state index in [1.807, 2.05) is 42.5 Å². The summed E-state index contributed by atoms with van der Waals surface area (Å²) in [6, 6.07) is 17.7. The molecule has 0 bridgehead atoms. The Hall–Kier alpha value is -3.21. The summed E-state index contributed by atoms with van der Waals surface area (Å²) in [5.41, 5.74) is 0.701. The van der Waals surface area contributed by atoms with Gasteiger partial charge in [-0.1, -0.05) is 37.3 Å². The largest absolute Gasteiger partial charge is 0.497 e. The van der Waals surface area contributed by atoms with Crippen molar-refractivity contribution < 1.29 is 23.1 Å². The summed E-state index contributed by atoms with van der Waals surface area (Å²) in [6.45, 7) is 1.75. The van der Waals surface area contributed by atoms with Gasteiger partial charge in [0.2, 0.25) is 0 Å². The highest BCUT2D eigenvalue weighted by Crippen LogP contribution is 2.58. The highest BCUT2D eigenvalue weighted by Gasteiger charge is 2.70. The molecule has 1 saturated carbocycles. The average molecular weight is 484 g/mol. The number of nitrogens with zero attached hydrogens (tertiary/aromatic N) is 1. The van der Waals surface area contributed by atoms with Crippen LogP contribution in [0.1, 0.15) is 18.4 Å². The summed E-state index contributed by atoms with van der Waals surface area (Å²) in [6.07, 6.45) is 0. The van der Waals surface area contributed by atoms with Gasteiger partial charge in [-0.2, -0.15) is 4.72 Å². The number of methoxy groups -OCH3 is 1. The van der Waals surface area contributed by atoms with Gasteiger partial charge in [-0.25, -0.2) is 13.4 Å². The third kappa shape index (κ3) is 3.50. The van der Waals surface area contributed by atoms with Crippen molar-refractivity contribution in [3.05, 3.63) is 66.2 Å². The number of imidazole rings is 1. The first kappa shape index (κ1) is 21.6. The van der Waals surface area contributed by atoms with E-state index in [4.69, 9.17) is 4.74 Å². The quantitative estimate of drug-likeness (QED) is 0.367. The monoisotopic (exact) mass is 483 g/mol. The van der Waals surface area contributed by atoms with Gasteiger partial charge in [0.1, 0.15) is 21.3 Å². The summed E-state index contributed by atoms with van der Waals surface area (Å²) in [7, 11) is -2.50. The van der Waals surface area contributed by atoms with Crippen molar-refractivity contribution in [2.45, 2.75) is 22.6 Å². The number of hydrogen-bond acceptors (Lipinski definition) is 6. The average Bonchev–Trinajstić information content (AvgIpc) is 3.19. The fourth-order valence-electron chi connectivity index (χ4n) is 4.40. The number of aliphatic carboxylic acids is 1. The first-order valence-corrected chi connectivity index (χ1v) is 12.5. The number of aromatic nitrogens is 2. The van der Waals surface area contributed by atoms with E-state index >= 15 is 0 Å². The van der Waals surface area contributed by atoms with Crippen molar-refractivity contribution in [2.75, 3.05) is 7.11 Å². The lowest BCUT2D eigenvalue weighted by Gasteiger charge is -2.15. The van der Waals surface area contributed by atoms with Crippen LogP contribution in [0.4, 0.5) is 0 Å². The van der Waals surface area contributed by atoms with Gasteiger partial charge in [-0.05, 0) is 35.7 Å². The number of carbonyl (C=O) groups is 1. The summed E-state index contributed by atoms with van der Waals surface area (Å²) in [5, 5.41) is 9.97. The zero-order chi connectivity index (χ0) is 23.4. The fourth-order valence-corrected chi connectivity index (χ4v) is 7.11. The van der Waals surface area contributed by atoms with Crippen LogP contribution in [0, 0.1) is 5.92 Å². The van der Waals surface area contributed by atoms with Crippen LogP contribution in [0.3, 0.4) is 0 Å². The molecular formula is C23H21N3O5S2. The Morgan fingerprint density at radius 3 is 2.64 bits per heavy atom. The van der Waals surface area contributed by atoms with E-state index < -0.39 is 33.4 Å². The standard InChI is InChI=1S/C23H21N3O5S2/c1-13-20(14-6-4-3-5-7-14)23(13,22(27)28)26-33(29,30)19-11-10-18(32-19)21-24-16-9-8-15(31-2)12-17(16)25-21/h3-13,20,26H,1-2H3,(H,24,25)(H,27,28)/t13?,20-,23-/m0/s1. The molecule has 0 spiro atoms. The molecule has 33 heavy (non-hydrogen) atoms. The second kappa shape index (κ2) is 7.68. The summed E-state index contributed by atoms with van der Waals surface area (Å²) in [4.78, 5) is 20.5. The second-order valence-corrected chi connectivity index (χ2v) is 11.0. The number of benzene rings is 2. The Morgan fingerprint density at radius 2 is 1.94 bits per heavy atom. The molecule has 3 N–H and O–H groups in total. The molecule has 2 heterocycles. The molecule has 0 saturated heterocycles. The van der Waals surface area contributed by atoms with E-state index in [1.54, 1.807) is 26.2 Å². The minimum absolute atomic E-state index is 0.0297. The Morgan fingerprint density at radius 1 is 1.18 bits per heavy atom. The topological polar surface area (TPSA) is 121 Å². The Balaban J connectivity index is 1.45. The minimum atomic E-state index is -4.08. The van der Waals surface area contributed by atoms with Crippen LogP contribution in [-0.4, -0.2) is 42.1 Å². The molecule has 2 aromatic carbocycles. The van der Waals surface area contributed by atoms with Gasteiger partial charge in [-0.15, -0.1) is 11.3 Å². The first-order chi connectivity index (χ1) is 15.8. The molecule has 10 heteroatoms. The number of fused-ring (bicyclic) bond motifs is 1. The maximum atomic E-state index is 13.2. The van der Waals surface area contributed by atoms with E-state index in [0.717, 1.165) is 27.9 Å². The van der Waals surface area contributed by atoms with Gasteiger partial charge in [0.05, 0.1) is 23.0 Å². The number of thiophene rings is 1. The van der Waals surface area contributed by atoms with Crippen LogP contribution >= 0.6 is 11.3 Å². The molecule has 5 rings (SSSR count). The van der Waals surface area contributed by atoms with E-state index in [-0.39, 0.29) is 4.21 Å². The summed E-state index contributed by atoms with van der Waals surface area (Å²) < 4.78 is 34.2. The predicted molar refractivity (Wildman–Crippen MR) is 125 cm³/mol. The minimum Gasteiger partial charge on any atom is -0.497 e. The van der Waals surface area contributed by atoms with Crippen molar-refractivity contribution in [2.24, 2.45) is 5.92 Å². The lowest BCUT2D eigenvalue weighted by molar-refractivity contribution is -0.140. The van der Waals surface area contributed by atoms with E-state index in [1.165, 1.54) is 6.07 Å².